The van der Waals surface area contributed by atoms with Crippen LogP contribution in [0.2, 0.25) is 5.02 Å². The Kier molecular flexibility index (Phi) is 6.65. The highest BCUT2D eigenvalue weighted by atomic mass is 35.5. The van der Waals surface area contributed by atoms with E-state index in [2.05, 4.69) is 15.2 Å². The monoisotopic (exact) mass is 426 g/mol. The van der Waals surface area contributed by atoms with Crippen molar-refractivity contribution in [3.63, 3.8) is 0 Å². The average Bonchev–Trinajstić information content (AvgIpc) is 2.87. The van der Waals surface area contributed by atoms with Crippen LogP contribution in [-0.4, -0.2) is 41.3 Å². The Balaban J connectivity index is 1.46. The molecule has 0 atom stereocenters. The predicted molar refractivity (Wildman–Crippen MR) is 120 cm³/mol. The molecule has 0 unspecified atom stereocenters. The standard InChI is InChI=1S/C23H27ClN4O2/c24-17-10-11-18-20(16-17)28(22-19(26-23(18)30)8-7-12-25-22)21(29)9-3-1-4-13-27-14-5-2-6-15-27/h7-8,10-12,16H,1-6,9,13-15H2,(H,26,30). The summed E-state index contributed by atoms with van der Waals surface area (Å²) in [5.41, 5.74) is 1.42. The van der Waals surface area contributed by atoms with E-state index in [4.69, 9.17) is 11.6 Å². The second kappa shape index (κ2) is 9.58. The maximum atomic E-state index is 13.3. The van der Waals surface area contributed by atoms with Gasteiger partial charge in [0.05, 0.1) is 16.9 Å². The van der Waals surface area contributed by atoms with Gasteiger partial charge in [0.2, 0.25) is 5.91 Å². The fraction of sp³-hybridized carbons (Fsp3) is 0.435. The predicted octanol–water partition coefficient (Wildman–Crippen LogP) is 5.01. The number of likely N-dealkylation sites (tertiary alicyclic amines) is 1. The van der Waals surface area contributed by atoms with Crippen LogP contribution < -0.4 is 10.2 Å². The zero-order valence-corrected chi connectivity index (χ0v) is 17.8. The third-order valence-electron chi connectivity index (χ3n) is 5.76. The van der Waals surface area contributed by atoms with Crippen molar-refractivity contribution in [2.75, 3.05) is 29.9 Å². The minimum Gasteiger partial charge on any atom is -0.319 e. The van der Waals surface area contributed by atoms with Gasteiger partial charge in [-0.2, -0.15) is 0 Å². The van der Waals surface area contributed by atoms with E-state index in [0.717, 1.165) is 25.8 Å². The molecule has 30 heavy (non-hydrogen) atoms. The summed E-state index contributed by atoms with van der Waals surface area (Å²) in [4.78, 5) is 34.4. The van der Waals surface area contributed by atoms with Crippen molar-refractivity contribution in [1.82, 2.24) is 9.88 Å². The molecule has 0 radical (unpaired) electrons. The van der Waals surface area contributed by atoms with E-state index in [1.54, 1.807) is 41.4 Å². The van der Waals surface area contributed by atoms with Gasteiger partial charge in [0.25, 0.3) is 5.91 Å². The molecule has 1 fully saturated rings. The van der Waals surface area contributed by atoms with E-state index in [-0.39, 0.29) is 11.8 Å². The number of pyridine rings is 1. The number of aromatic nitrogens is 1. The molecule has 2 aromatic rings. The lowest BCUT2D eigenvalue weighted by Crippen LogP contribution is -2.30. The van der Waals surface area contributed by atoms with Crippen LogP contribution in [0.1, 0.15) is 55.3 Å². The Morgan fingerprint density at radius 3 is 2.77 bits per heavy atom. The van der Waals surface area contributed by atoms with Crippen LogP contribution in [0.4, 0.5) is 17.2 Å². The summed E-state index contributed by atoms with van der Waals surface area (Å²) in [6.07, 6.45) is 8.88. The number of halogens is 1. The number of carbonyl (C=O) groups is 2. The average molecular weight is 427 g/mol. The van der Waals surface area contributed by atoms with E-state index in [9.17, 15) is 9.59 Å². The van der Waals surface area contributed by atoms with Gasteiger partial charge in [0.1, 0.15) is 0 Å². The number of benzene rings is 1. The molecule has 3 heterocycles. The normalized spacial score (nSPS) is 16.4. The van der Waals surface area contributed by atoms with E-state index in [0.29, 0.717) is 34.2 Å². The molecule has 1 saturated heterocycles. The smallest absolute Gasteiger partial charge is 0.257 e. The second-order valence-electron chi connectivity index (χ2n) is 7.93. The van der Waals surface area contributed by atoms with Gasteiger partial charge in [-0.1, -0.05) is 24.4 Å². The molecule has 2 amide bonds. The highest BCUT2D eigenvalue weighted by Gasteiger charge is 2.30. The summed E-state index contributed by atoms with van der Waals surface area (Å²) < 4.78 is 0. The molecular weight excluding hydrogens is 400 g/mol. The Hall–Kier alpha value is -2.44. The molecule has 1 aromatic carbocycles. The highest BCUT2D eigenvalue weighted by molar-refractivity contribution is 6.31. The van der Waals surface area contributed by atoms with E-state index in [1.807, 2.05) is 0 Å². The molecule has 0 saturated carbocycles. The lowest BCUT2D eigenvalue weighted by Gasteiger charge is -2.26. The van der Waals surface area contributed by atoms with Crippen molar-refractivity contribution in [3.05, 3.63) is 47.1 Å². The van der Waals surface area contributed by atoms with Gasteiger partial charge in [-0.25, -0.2) is 4.98 Å². The number of nitrogens with one attached hydrogen (secondary N) is 1. The summed E-state index contributed by atoms with van der Waals surface area (Å²) in [6, 6.07) is 8.47. The SMILES string of the molecule is O=C1Nc2cccnc2N(C(=O)CCCCCN2CCCCC2)c2cc(Cl)ccc21. The number of hydrogen-bond donors (Lipinski definition) is 1. The number of amides is 2. The lowest BCUT2D eigenvalue weighted by molar-refractivity contribution is -0.118. The number of carbonyl (C=O) groups excluding carboxylic acids is 2. The molecule has 0 spiro atoms. The van der Waals surface area contributed by atoms with E-state index < -0.39 is 0 Å². The first-order valence-corrected chi connectivity index (χ1v) is 11.1. The van der Waals surface area contributed by atoms with Crippen molar-refractivity contribution in [3.8, 4) is 0 Å². The van der Waals surface area contributed by atoms with Gasteiger partial charge in [0.15, 0.2) is 5.82 Å². The van der Waals surface area contributed by atoms with Crippen LogP contribution in [0.25, 0.3) is 0 Å². The van der Waals surface area contributed by atoms with Crippen LogP contribution in [0.5, 0.6) is 0 Å². The van der Waals surface area contributed by atoms with E-state index >= 15 is 0 Å². The largest absolute Gasteiger partial charge is 0.319 e. The molecule has 2 aliphatic rings. The van der Waals surface area contributed by atoms with Gasteiger partial charge in [-0.3, -0.25) is 14.5 Å². The Morgan fingerprint density at radius 1 is 1.10 bits per heavy atom. The number of nitrogens with zero attached hydrogens (tertiary/aromatic N) is 3. The first kappa shape index (κ1) is 20.8. The first-order valence-electron chi connectivity index (χ1n) is 10.7. The zero-order chi connectivity index (χ0) is 20.9. The molecule has 4 rings (SSSR count). The summed E-state index contributed by atoms with van der Waals surface area (Å²) >= 11 is 6.20. The Labute approximate surface area is 182 Å². The van der Waals surface area contributed by atoms with Crippen LogP contribution in [-0.2, 0) is 4.79 Å². The third-order valence-corrected chi connectivity index (χ3v) is 5.99. The number of rotatable bonds is 6. The maximum absolute atomic E-state index is 13.3. The number of unbranched alkanes of at least 4 members (excludes halogenated alkanes) is 2. The van der Waals surface area contributed by atoms with Crippen molar-refractivity contribution >= 4 is 40.6 Å². The third kappa shape index (κ3) is 4.65. The number of piperidine rings is 1. The van der Waals surface area contributed by atoms with Crippen LogP contribution in [0.15, 0.2) is 36.5 Å². The Morgan fingerprint density at radius 2 is 1.93 bits per heavy atom. The topological polar surface area (TPSA) is 65.5 Å². The Bertz CT molecular complexity index is 927. The lowest BCUT2D eigenvalue weighted by atomic mass is 10.1. The first-order chi connectivity index (χ1) is 14.6. The number of anilines is 3. The van der Waals surface area contributed by atoms with Gasteiger partial charge in [-0.05, 0) is 75.6 Å². The van der Waals surface area contributed by atoms with E-state index in [1.165, 1.54) is 32.4 Å². The molecule has 6 nitrogen and oxygen atoms in total. The molecule has 7 heteroatoms. The molecule has 0 aliphatic carbocycles. The number of hydrogen-bond acceptors (Lipinski definition) is 4. The second-order valence-corrected chi connectivity index (χ2v) is 8.37. The molecule has 1 N–H and O–H groups in total. The summed E-state index contributed by atoms with van der Waals surface area (Å²) in [5.74, 6) is 0.0888. The minimum absolute atomic E-state index is 0.0760. The van der Waals surface area contributed by atoms with Crippen LogP contribution >= 0.6 is 11.6 Å². The summed E-state index contributed by atoms with van der Waals surface area (Å²) in [6.45, 7) is 3.51. The quantitative estimate of drug-likeness (QED) is 0.659. The van der Waals surface area contributed by atoms with Gasteiger partial charge in [-0.15, -0.1) is 0 Å². The number of fused-ring (bicyclic) bond motifs is 2. The summed E-state index contributed by atoms with van der Waals surface area (Å²) in [5, 5.41) is 3.32. The highest BCUT2D eigenvalue weighted by Crippen LogP contribution is 2.38. The molecular formula is C23H27ClN4O2. The zero-order valence-electron chi connectivity index (χ0n) is 17.1. The van der Waals surface area contributed by atoms with Crippen LogP contribution in [0, 0.1) is 0 Å². The van der Waals surface area contributed by atoms with Gasteiger partial charge in [0, 0.05) is 17.6 Å². The maximum Gasteiger partial charge on any atom is 0.257 e. The van der Waals surface area contributed by atoms with Gasteiger partial charge >= 0.3 is 0 Å². The fourth-order valence-corrected chi connectivity index (χ4v) is 4.36. The molecule has 1 aromatic heterocycles. The molecule has 158 valence electrons. The summed E-state index contributed by atoms with van der Waals surface area (Å²) in [7, 11) is 0. The minimum atomic E-state index is -0.271. The van der Waals surface area contributed by atoms with Crippen molar-refractivity contribution in [1.29, 1.82) is 0 Å². The molecule has 2 aliphatic heterocycles. The van der Waals surface area contributed by atoms with Gasteiger partial charge < -0.3 is 10.2 Å². The molecule has 0 bridgehead atoms. The fourth-order valence-electron chi connectivity index (χ4n) is 4.19. The van der Waals surface area contributed by atoms with Crippen molar-refractivity contribution in [2.45, 2.75) is 44.9 Å². The van der Waals surface area contributed by atoms with Crippen molar-refractivity contribution < 1.29 is 9.59 Å². The van der Waals surface area contributed by atoms with Crippen LogP contribution in [0.3, 0.4) is 0 Å². The van der Waals surface area contributed by atoms with Crippen molar-refractivity contribution in [2.24, 2.45) is 0 Å².